The molecule has 0 aliphatic rings. The quantitative estimate of drug-likeness (QED) is 0.601. The first kappa shape index (κ1) is 20.3. The zero-order chi connectivity index (χ0) is 20.6. The van der Waals surface area contributed by atoms with E-state index >= 15 is 0 Å². The van der Waals surface area contributed by atoms with Crippen LogP contribution in [0.2, 0.25) is 0 Å². The average Bonchev–Trinajstić information content (AvgIpc) is 3.20. The van der Waals surface area contributed by atoms with Crippen LogP contribution in [0, 0.1) is 5.92 Å². The van der Waals surface area contributed by atoms with Gasteiger partial charge in [-0.2, -0.15) is 0 Å². The van der Waals surface area contributed by atoms with Gasteiger partial charge in [0.15, 0.2) is 11.7 Å². The summed E-state index contributed by atoms with van der Waals surface area (Å²) >= 11 is 0. The minimum Gasteiger partial charge on any atom is -0.441 e. The first-order valence-corrected chi connectivity index (χ1v) is 9.55. The number of oxazole rings is 1. The molecule has 0 aliphatic heterocycles. The summed E-state index contributed by atoms with van der Waals surface area (Å²) in [5, 5.41) is 0. The van der Waals surface area contributed by atoms with Gasteiger partial charge in [-0.1, -0.05) is 44.2 Å². The lowest BCUT2D eigenvalue weighted by molar-refractivity contribution is -0.121. The smallest absolute Gasteiger partial charge is 0.288 e. The van der Waals surface area contributed by atoms with Crippen molar-refractivity contribution in [2.45, 2.75) is 33.1 Å². The third-order valence-corrected chi connectivity index (χ3v) is 4.21. The molecular formula is C22H24N4O3. The fourth-order valence-electron chi connectivity index (χ4n) is 2.81. The van der Waals surface area contributed by atoms with Crippen LogP contribution in [-0.4, -0.2) is 21.8 Å². The maximum atomic E-state index is 11.9. The van der Waals surface area contributed by atoms with Gasteiger partial charge in [0.05, 0.1) is 6.20 Å². The molecule has 2 N–H and O–H groups in total. The number of nitrogens with one attached hydrogen (secondary N) is 2. The summed E-state index contributed by atoms with van der Waals surface area (Å²) in [6.07, 6.45) is 4.67. The first-order valence-electron chi connectivity index (χ1n) is 9.55. The molecule has 0 bridgehead atoms. The number of hydrazine groups is 1. The molecule has 7 nitrogen and oxygen atoms in total. The van der Waals surface area contributed by atoms with Gasteiger partial charge in [0.2, 0.25) is 5.91 Å². The molecule has 2 aromatic heterocycles. The summed E-state index contributed by atoms with van der Waals surface area (Å²) in [5.74, 6) is 0.931. The number of rotatable bonds is 7. The maximum Gasteiger partial charge on any atom is 0.288 e. The second kappa shape index (κ2) is 9.64. The maximum absolute atomic E-state index is 11.9. The molecule has 0 fully saturated rings. The number of aryl methyl sites for hydroxylation is 1. The molecule has 0 radical (unpaired) electrons. The average molecular weight is 392 g/mol. The molecule has 0 aliphatic carbocycles. The molecule has 0 saturated heterocycles. The van der Waals surface area contributed by atoms with Crippen molar-refractivity contribution in [3.63, 3.8) is 0 Å². The topological polar surface area (TPSA) is 97.1 Å². The molecular weight excluding hydrogens is 368 g/mol. The molecule has 150 valence electrons. The Balaban J connectivity index is 1.47. The number of aromatic nitrogens is 2. The Bertz CT molecular complexity index is 950. The summed E-state index contributed by atoms with van der Waals surface area (Å²) in [4.78, 5) is 31.9. The van der Waals surface area contributed by atoms with Crippen LogP contribution in [0.3, 0.4) is 0 Å². The Morgan fingerprint density at radius 3 is 2.52 bits per heavy atom. The Morgan fingerprint density at radius 1 is 1.03 bits per heavy atom. The molecule has 0 atom stereocenters. The van der Waals surface area contributed by atoms with Crippen molar-refractivity contribution in [2.24, 2.45) is 5.92 Å². The van der Waals surface area contributed by atoms with E-state index in [1.54, 1.807) is 24.4 Å². The lowest BCUT2D eigenvalue weighted by Crippen LogP contribution is -2.42. The lowest BCUT2D eigenvalue weighted by atomic mass is 10.0. The number of amides is 2. The van der Waals surface area contributed by atoms with E-state index in [4.69, 9.17) is 4.42 Å². The highest BCUT2D eigenvalue weighted by Crippen LogP contribution is 2.22. The largest absolute Gasteiger partial charge is 0.441 e. The van der Waals surface area contributed by atoms with Gasteiger partial charge < -0.3 is 4.42 Å². The van der Waals surface area contributed by atoms with Gasteiger partial charge in [0.1, 0.15) is 5.69 Å². The summed E-state index contributed by atoms with van der Waals surface area (Å²) < 4.78 is 5.75. The highest BCUT2D eigenvalue weighted by Gasteiger charge is 2.11. The second-order valence-corrected chi connectivity index (χ2v) is 7.13. The first-order chi connectivity index (χ1) is 14.0. The Kier molecular flexibility index (Phi) is 6.73. The number of nitrogens with zero attached hydrogens (tertiary/aromatic N) is 2. The number of hydrogen-bond donors (Lipinski definition) is 2. The number of pyridine rings is 1. The van der Waals surface area contributed by atoms with Crippen molar-refractivity contribution in [3.8, 4) is 11.3 Å². The van der Waals surface area contributed by atoms with Crippen molar-refractivity contribution in [3.05, 3.63) is 72.0 Å². The molecule has 7 heteroatoms. The van der Waals surface area contributed by atoms with Crippen molar-refractivity contribution < 1.29 is 14.0 Å². The number of benzene rings is 1. The number of hydrogen-bond acceptors (Lipinski definition) is 5. The molecule has 2 amide bonds. The summed E-state index contributed by atoms with van der Waals surface area (Å²) in [7, 11) is 0. The predicted molar refractivity (Wildman–Crippen MR) is 109 cm³/mol. The third-order valence-electron chi connectivity index (χ3n) is 4.21. The zero-order valence-electron chi connectivity index (χ0n) is 16.5. The van der Waals surface area contributed by atoms with Gasteiger partial charge in [0, 0.05) is 24.6 Å². The molecule has 0 unspecified atom stereocenters. The van der Waals surface area contributed by atoms with Crippen LogP contribution in [0.15, 0.2) is 59.3 Å². The minimum atomic E-state index is -0.474. The van der Waals surface area contributed by atoms with E-state index in [1.165, 1.54) is 11.8 Å². The SMILES string of the molecule is CC(C)Cc1ccc(-c2cnc(CCC(=O)NNC(=O)c3ccccn3)o2)cc1. The standard InChI is InChI=1S/C22H24N4O3/c1-15(2)13-16-6-8-17(9-7-16)19-14-24-21(29-19)11-10-20(27)25-26-22(28)18-5-3-4-12-23-18/h3-9,12,14-15H,10-11,13H2,1-2H3,(H,25,27)(H,26,28). The third kappa shape index (κ3) is 6.00. The van der Waals surface area contributed by atoms with Crippen LogP contribution in [0.5, 0.6) is 0 Å². The predicted octanol–water partition coefficient (Wildman–Crippen LogP) is 3.33. The van der Waals surface area contributed by atoms with Gasteiger partial charge >= 0.3 is 0 Å². The Labute approximate surface area is 169 Å². The molecule has 2 heterocycles. The van der Waals surface area contributed by atoms with E-state index in [1.807, 2.05) is 12.1 Å². The van der Waals surface area contributed by atoms with Crippen molar-refractivity contribution in [1.29, 1.82) is 0 Å². The highest BCUT2D eigenvalue weighted by atomic mass is 16.4. The van der Waals surface area contributed by atoms with Gasteiger partial charge in [-0.25, -0.2) is 4.98 Å². The van der Waals surface area contributed by atoms with Gasteiger partial charge in [0.25, 0.3) is 5.91 Å². The molecule has 29 heavy (non-hydrogen) atoms. The Hall–Kier alpha value is -3.48. The normalized spacial score (nSPS) is 10.7. The van der Waals surface area contributed by atoms with Crippen molar-refractivity contribution in [2.75, 3.05) is 0 Å². The Morgan fingerprint density at radius 2 is 1.83 bits per heavy atom. The highest BCUT2D eigenvalue weighted by molar-refractivity contribution is 5.93. The minimum absolute atomic E-state index is 0.135. The molecule has 0 spiro atoms. The van der Waals surface area contributed by atoms with Crippen LogP contribution >= 0.6 is 0 Å². The van der Waals surface area contributed by atoms with E-state index in [-0.39, 0.29) is 18.0 Å². The van der Waals surface area contributed by atoms with E-state index in [2.05, 4.69) is 46.8 Å². The molecule has 0 saturated carbocycles. The molecule has 3 aromatic rings. The van der Waals surface area contributed by atoms with E-state index in [9.17, 15) is 9.59 Å². The van der Waals surface area contributed by atoms with Gasteiger partial charge in [-0.3, -0.25) is 25.4 Å². The van der Waals surface area contributed by atoms with E-state index in [0.717, 1.165) is 12.0 Å². The van der Waals surface area contributed by atoms with Crippen LogP contribution in [0.4, 0.5) is 0 Å². The van der Waals surface area contributed by atoms with Gasteiger partial charge in [-0.05, 0) is 30.0 Å². The van der Waals surface area contributed by atoms with E-state index < -0.39 is 5.91 Å². The fraction of sp³-hybridized carbons (Fsp3) is 0.273. The molecule has 3 rings (SSSR count). The van der Waals surface area contributed by atoms with Crippen molar-refractivity contribution >= 4 is 11.8 Å². The van der Waals surface area contributed by atoms with Gasteiger partial charge in [-0.15, -0.1) is 0 Å². The summed E-state index contributed by atoms with van der Waals surface area (Å²) in [6, 6.07) is 13.2. The second-order valence-electron chi connectivity index (χ2n) is 7.13. The molecule has 1 aromatic carbocycles. The van der Waals surface area contributed by atoms with Crippen molar-refractivity contribution in [1.82, 2.24) is 20.8 Å². The summed E-state index contributed by atoms with van der Waals surface area (Å²) in [5.41, 5.74) is 7.16. The van der Waals surface area contributed by atoms with E-state index in [0.29, 0.717) is 24.0 Å². The van der Waals surface area contributed by atoms with Crippen LogP contribution < -0.4 is 10.9 Å². The van der Waals surface area contributed by atoms with Crippen LogP contribution in [-0.2, 0) is 17.6 Å². The summed E-state index contributed by atoms with van der Waals surface area (Å²) in [6.45, 7) is 4.38. The lowest BCUT2D eigenvalue weighted by Gasteiger charge is -2.06. The monoisotopic (exact) mass is 392 g/mol. The zero-order valence-corrected chi connectivity index (χ0v) is 16.5. The fourth-order valence-corrected chi connectivity index (χ4v) is 2.81. The number of carbonyl (C=O) groups excluding carboxylic acids is 2. The van der Waals surface area contributed by atoms with Crippen LogP contribution in [0.1, 0.15) is 42.2 Å². The number of carbonyl (C=O) groups is 2. The van der Waals surface area contributed by atoms with Crippen LogP contribution in [0.25, 0.3) is 11.3 Å².